The van der Waals surface area contributed by atoms with Gasteiger partial charge in [-0.25, -0.2) is 0 Å². The zero-order valence-corrected chi connectivity index (χ0v) is 9.29. The highest BCUT2D eigenvalue weighted by Gasteiger charge is 2.15. The van der Waals surface area contributed by atoms with E-state index in [0.29, 0.717) is 11.7 Å². The summed E-state index contributed by atoms with van der Waals surface area (Å²) in [6, 6.07) is 0. The van der Waals surface area contributed by atoms with E-state index in [-0.39, 0.29) is 0 Å². The zero-order valence-electron chi connectivity index (χ0n) is 9.29. The lowest BCUT2D eigenvalue weighted by Crippen LogP contribution is -2.36. The molecule has 0 amide bonds. The summed E-state index contributed by atoms with van der Waals surface area (Å²) < 4.78 is 5.50. The van der Waals surface area contributed by atoms with Crippen LogP contribution >= 0.6 is 0 Å². The Morgan fingerprint density at radius 2 is 2.00 bits per heavy atom. The second-order valence-electron chi connectivity index (χ2n) is 4.35. The first-order valence-corrected chi connectivity index (χ1v) is 5.50. The molecule has 0 aliphatic carbocycles. The van der Waals surface area contributed by atoms with Crippen LogP contribution in [-0.2, 0) is 9.53 Å². The first-order chi connectivity index (χ1) is 6.68. The molecule has 0 radical (unpaired) electrons. The number of hydrogen-bond acceptors (Lipinski definition) is 3. The maximum atomic E-state index is 11.0. The van der Waals surface area contributed by atoms with E-state index >= 15 is 0 Å². The average Bonchev–Trinajstić information content (AvgIpc) is 2.15. The number of rotatable bonds is 5. The summed E-state index contributed by atoms with van der Waals surface area (Å²) in [4.78, 5) is 13.3. The highest BCUT2D eigenvalue weighted by molar-refractivity contribution is 5.79. The van der Waals surface area contributed by atoms with Crippen LogP contribution in [-0.4, -0.2) is 43.5 Å². The number of piperidine rings is 1. The summed E-state index contributed by atoms with van der Waals surface area (Å²) in [5, 5.41) is 0. The molecule has 82 valence electrons. The summed E-state index contributed by atoms with van der Waals surface area (Å²) in [7, 11) is 0. The Labute approximate surface area is 86.4 Å². The van der Waals surface area contributed by atoms with Crippen molar-refractivity contribution in [3.8, 4) is 0 Å². The molecule has 1 saturated heterocycles. The molecule has 0 N–H and O–H groups in total. The Morgan fingerprint density at radius 3 is 2.57 bits per heavy atom. The van der Waals surface area contributed by atoms with E-state index in [1.807, 2.05) is 0 Å². The second-order valence-corrected chi connectivity index (χ2v) is 4.35. The van der Waals surface area contributed by atoms with Crippen molar-refractivity contribution in [2.24, 2.45) is 5.92 Å². The Kier molecular flexibility index (Phi) is 5.12. The van der Waals surface area contributed by atoms with E-state index in [0.717, 1.165) is 45.7 Å². The van der Waals surface area contributed by atoms with Gasteiger partial charge in [0.25, 0.3) is 0 Å². The molecule has 0 aromatic heterocycles. The zero-order chi connectivity index (χ0) is 10.4. The lowest BCUT2D eigenvalue weighted by Gasteiger charge is -2.25. The fourth-order valence-corrected chi connectivity index (χ4v) is 1.54. The van der Waals surface area contributed by atoms with Crippen molar-refractivity contribution in [2.75, 3.05) is 32.8 Å². The van der Waals surface area contributed by atoms with Gasteiger partial charge in [-0.1, -0.05) is 13.8 Å². The third-order valence-electron chi connectivity index (χ3n) is 2.42. The molecule has 0 saturated carbocycles. The highest BCUT2D eigenvalue weighted by atomic mass is 16.5. The summed E-state index contributed by atoms with van der Waals surface area (Å²) >= 11 is 0. The van der Waals surface area contributed by atoms with Crippen molar-refractivity contribution in [1.82, 2.24) is 4.90 Å². The highest BCUT2D eigenvalue weighted by Crippen LogP contribution is 2.04. The molecule has 0 spiro atoms. The third-order valence-corrected chi connectivity index (χ3v) is 2.42. The van der Waals surface area contributed by atoms with Gasteiger partial charge in [-0.2, -0.15) is 0 Å². The molecule has 0 atom stereocenters. The normalized spacial score (nSPS) is 19.2. The maximum absolute atomic E-state index is 11.0. The van der Waals surface area contributed by atoms with Crippen LogP contribution in [0.25, 0.3) is 0 Å². The van der Waals surface area contributed by atoms with Crippen molar-refractivity contribution in [1.29, 1.82) is 0 Å². The molecule has 0 unspecified atom stereocenters. The Morgan fingerprint density at radius 1 is 1.36 bits per heavy atom. The number of ether oxygens (including phenoxy) is 1. The minimum Gasteiger partial charge on any atom is -0.380 e. The fourth-order valence-electron chi connectivity index (χ4n) is 1.54. The van der Waals surface area contributed by atoms with Crippen LogP contribution in [0.2, 0.25) is 0 Å². The molecule has 0 aromatic rings. The van der Waals surface area contributed by atoms with Gasteiger partial charge in [-0.3, -0.25) is 4.79 Å². The lowest BCUT2D eigenvalue weighted by atomic mass is 10.1. The predicted octanol–water partition coefficient (Wildman–Crippen LogP) is 1.32. The molecular weight excluding hydrogens is 178 g/mol. The fraction of sp³-hybridized carbons (Fsp3) is 0.909. The number of nitrogens with zero attached hydrogens (tertiary/aromatic N) is 1. The summed E-state index contributed by atoms with van der Waals surface area (Å²) in [5.74, 6) is 1.02. The van der Waals surface area contributed by atoms with E-state index in [4.69, 9.17) is 4.74 Å². The van der Waals surface area contributed by atoms with Crippen molar-refractivity contribution in [3.63, 3.8) is 0 Å². The average molecular weight is 199 g/mol. The van der Waals surface area contributed by atoms with Gasteiger partial charge in [0.1, 0.15) is 5.78 Å². The van der Waals surface area contributed by atoms with Gasteiger partial charge in [-0.05, 0) is 5.92 Å². The second kappa shape index (κ2) is 6.14. The quantitative estimate of drug-likeness (QED) is 0.625. The van der Waals surface area contributed by atoms with E-state index in [2.05, 4.69) is 18.7 Å². The number of ketones is 1. The van der Waals surface area contributed by atoms with Crippen molar-refractivity contribution < 1.29 is 9.53 Å². The first kappa shape index (κ1) is 11.7. The molecule has 1 heterocycles. The molecule has 14 heavy (non-hydrogen) atoms. The van der Waals surface area contributed by atoms with Crippen molar-refractivity contribution >= 4 is 5.78 Å². The third kappa shape index (κ3) is 4.72. The predicted molar refractivity (Wildman–Crippen MR) is 56.3 cm³/mol. The standard InChI is InChI=1S/C11H21NO2/c1-10(2)9-14-8-7-12-5-3-11(13)4-6-12/h10H,3-9H2,1-2H3. The summed E-state index contributed by atoms with van der Waals surface area (Å²) in [6.07, 6.45) is 1.45. The van der Waals surface area contributed by atoms with E-state index in [9.17, 15) is 4.79 Å². The van der Waals surface area contributed by atoms with Gasteiger partial charge >= 0.3 is 0 Å². The van der Waals surface area contributed by atoms with E-state index in [1.54, 1.807) is 0 Å². The monoisotopic (exact) mass is 199 g/mol. The topological polar surface area (TPSA) is 29.5 Å². The SMILES string of the molecule is CC(C)COCCN1CCC(=O)CC1. The number of hydrogen-bond donors (Lipinski definition) is 0. The molecule has 1 rings (SSSR count). The molecule has 0 bridgehead atoms. The van der Waals surface area contributed by atoms with Gasteiger partial charge in [0.15, 0.2) is 0 Å². The number of carbonyl (C=O) groups is 1. The van der Waals surface area contributed by atoms with Gasteiger partial charge < -0.3 is 9.64 Å². The van der Waals surface area contributed by atoms with Crippen LogP contribution in [0.1, 0.15) is 26.7 Å². The van der Waals surface area contributed by atoms with Crippen molar-refractivity contribution in [3.05, 3.63) is 0 Å². The van der Waals surface area contributed by atoms with E-state index < -0.39 is 0 Å². The molecule has 1 aliphatic rings. The number of likely N-dealkylation sites (tertiary alicyclic amines) is 1. The van der Waals surface area contributed by atoms with Crippen LogP contribution in [0.3, 0.4) is 0 Å². The van der Waals surface area contributed by atoms with Crippen LogP contribution in [0.4, 0.5) is 0 Å². The van der Waals surface area contributed by atoms with Crippen LogP contribution in [0, 0.1) is 5.92 Å². The summed E-state index contributed by atoms with van der Waals surface area (Å²) in [5.41, 5.74) is 0. The Balaban J connectivity index is 1.99. The summed E-state index contributed by atoms with van der Waals surface area (Å²) in [6.45, 7) is 8.76. The Bertz CT molecular complexity index is 170. The van der Waals surface area contributed by atoms with Crippen molar-refractivity contribution in [2.45, 2.75) is 26.7 Å². The molecule has 3 nitrogen and oxygen atoms in total. The van der Waals surface area contributed by atoms with Gasteiger partial charge in [0, 0.05) is 39.1 Å². The van der Waals surface area contributed by atoms with Gasteiger partial charge in [0.05, 0.1) is 6.61 Å². The van der Waals surface area contributed by atoms with Gasteiger partial charge in [-0.15, -0.1) is 0 Å². The number of carbonyl (C=O) groups excluding carboxylic acids is 1. The number of Topliss-reactive ketones (excluding diaryl/α,β-unsaturated/α-hetero) is 1. The largest absolute Gasteiger partial charge is 0.380 e. The molecule has 0 aromatic carbocycles. The molecular formula is C11H21NO2. The maximum Gasteiger partial charge on any atom is 0.135 e. The van der Waals surface area contributed by atoms with E-state index in [1.165, 1.54) is 0 Å². The molecule has 1 aliphatic heterocycles. The Hall–Kier alpha value is -0.410. The van der Waals surface area contributed by atoms with Crippen LogP contribution in [0.15, 0.2) is 0 Å². The smallest absolute Gasteiger partial charge is 0.135 e. The first-order valence-electron chi connectivity index (χ1n) is 5.50. The molecule has 3 heteroatoms. The minimum atomic E-state index is 0.407. The van der Waals surface area contributed by atoms with Crippen LogP contribution < -0.4 is 0 Å². The lowest BCUT2D eigenvalue weighted by molar-refractivity contribution is -0.121. The van der Waals surface area contributed by atoms with Gasteiger partial charge in [0.2, 0.25) is 0 Å². The minimum absolute atomic E-state index is 0.407. The molecule has 1 fully saturated rings. The van der Waals surface area contributed by atoms with Crippen LogP contribution in [0.5, 0.6) is 0 Å².